The van der Waals surface area contributed by atoms with Crippen molar-refractivity contribution >= 4 is 34.1 Å². The molecular formula is C30H31N5O6. The first-order chi connectivity index (χ1) is 19.6. The maximum absolute atomic E-state index is 13.3. The molecule has 2 N–H and O–H groups in total. The molecule has 11 heteroatoms. The minimum absolute atomic E-state index is 0.102. The van der Waals surface area contributed by atoms with E-state index in [0.717, 1.165) is 5.39 Å². The molecule has 1 aliphatic rings. The fourth-order valence-corrected chi connectivity index (χ4v) is 4.69. The number of aromatic nitrogens is 2. The Hall–Kier alpha value is -4.61. The van der Waals surface area contributed by atoms with Gasteiger partial charge in [0.25, 0.3) is 17.5 Å². The number of morpholine rings is 1. The molecule has 212 valence electrons. The monoisotopic (exact) mass is 557 g/mol. The molecule has 0 bridgehead atoms. The van der Waals surface area contributed by atoms with E-state index in [-0.39, 0.29) is 17.2 Å². The number of rotatable bonds is 8. The summed E-state index contributed by atoms with van der Waals surface area (Å²) in [6.07, 6.45) is 2.34. The van der Waals surface area contributed by atoms with Crippen molar-refractivity contribution in [2.24, 2.45) is 0 Å². The van der Waals surface area contributed by atoms with E-state index >= 15 is 0 Å². The number of aryl methyl sites for hydroxylation is 1. The number of anilines is 1. The van der Waals surface area contributed by atoms with Crippen LogP contribution in [-0.4, -0.2) is 68.4 Å². The van der Waals surface area contributed by atoms with Crippen LogP contribution in [0.5, 0.6) is 0 Å². The number of nitro groups is 1. The van der Waals surface area contributed by atoms with Gasteiger partial charge in [-0.05, 0) is 56.2 Å². The van der Waals surface area contributed by atoms with Gasteiger partial charge in [-0.3, -0.25) is 24.4 Å². The van der Waals surface area contributed by atoms with Crippen molar-refractivity contribution in [1.29, 1.82) is 0 Å². The van der Waals surface area contributed by atoms with E-state index < -0.39 is 16.4 Å². The molecule has 1 aliphatic heterocycles. The summed E-state index contributed by atoms with van der Waals surface area (Å²) in [6.45, 7) is 5.98. The molecule has 0 aliphatic carbocycles. The number of hydrogen-bond acceptors (Lipinski definition) is 7. The normalized spacial score (nSPS) is 13.8. The quantitative estimate of drug-likeness (QED) is 0.240. The number of nitrogens with zero attached hydrogens (tertiary/aromatic N) is 4. The highest BCUT2D eigenvalue weighted by molar-refractivity contribution is 6.08. The van der Waals surface area contributed by atoms with Gasteiger partial charge in [0, 0.05) is 65.7 Å². The molecule has 41 heavy (non-hydrogen) atoms. The Labute approximate surface area is 236 Å². The first-order valence-corrected chi connectivity index (χ1v) is 13.3. The third kappa shape index (κ3) is 6.59. The van der Waals surface area contributed by atoms with Gasteiger partial charge < -0.3 is 20.1 Å². The lowest BCUT2D eigenvalue weighted by Crippen LogP contribution is -2.40. The lowest BCUT2D eigenvalue weighted by atomic mass is 9.99. The fourth-order valence-electron chi connectivity index (χ4n) is 4.69. The van der Waals surface area contributed by atoms with Crippen molar-refractivity contribution in [3.8, 4) is 11.1 Å². The largest absolute Gasteiger partial charge is 0.390 e. The summed E-state index contributed by atoms with van der Waals surface area (Å²) < 4.78 is 7.12. The Morgan fingerprint density at radius 1 is 1.07 bits per heavy atom. The number of amides is 2. The van der Waals surface area contributed by atoms with Gasteiger partial charge >= 0.3 is 0 Å². The highest BCUT2D eigenvalue weighted by Gasteiger charge is 2.21. The Morgan fingerprint density at radius 2 is 1.80 bits per heavy atom. The molecule has 0 unspecified atom stereocenters. The molecule has 2 amide bonds. The lowest BCUT2D eigenvalue weighted by molar-refractivity contribution is -0.384. The van der Waals surface area contributed by atoms with Crippen molar-refractivity contribution in [3.63, 3.8) is 0 Å². The molecule has 11 nitrogen and oxygen atoms in total. The smallest absolute Gasteiger partial charge is 0.270 e. The van der Waals surface area contributed by atoms with E-state index in [4.69, 9.17) is 4.74 Å². The van der Waals surface area contributed by atoms with E-state index in [9.17, 15) is 24.8 Å². The van der Waals surface area contributed by atoms with Crippen LogP contribution in [0.15, 0.2) is 66.9 Å². The molecule has 0 radical (unpaired) electrons. The number of benzene rings is 3. The van der Waals surface area contributed by atoms with Crippen molar-refractivity contribution in [2.75, 3.05) is 31.6 Å². The topological polar surface area (TPSA) is 140 Å². The molecule has 5 rings (SSSR count). The SMILES string of the molecule is CC(C)(O)CCn1cc2cc(NC(=O)c3cccc([N+](=O)[O-])c3)c(-c3cccc(C(=O)N4CCOCC4)c3)cc2n1. The fraction of sp³-hybridized carbons (Fsp3) is 0.300. The van der Waals surface area contributed by atoms with Crippen LogP contribution in [0, 0.1) is 10.1 Å². The number of non-ortho nitro benzene ring substituents is 1. The zero-order valence-electron chi connectivity index (χ0n) is 22.9. The standard InChI is InChI=1S/C30H31N5O6/c1-30(2,38)9-10-34-19-23-17-27(31-28(36)21-6-4-8-24(16-21)35(39)40)25(18-26(23)32-34)20-5-3-7-22(15-20)29(37)33-11-13-41-14-12-33/h3-8,15-19,38H,9-14H2,1-2H3,(H,31,36). The Balaban J connectivity index is 1.54. The number of aliphatic hydroxyl groups is 1. The molecule has 0 saturated carbocycles. The highest BCUT2D eigenvalue weighted by atomic mass is 16.6. The molecule has 0 spiro atoms. The van der Waals surface area contributed by atoms with Crippen LogP contribution in [0.3, 0.4) is 0 Å². The summed E-state index contributed by atoms with van der Waals surface area (Å²) in [7, 11) is 0. The van der Waals surface area contributed by atoms with Crippen molar-refractivity contribution in [3.05, 3.63) is 88.1 Å². The van der Waals surface area contributed by atoms with Crippen LogP contribution in [0.1, 0.15) is 41.0 Å². The Kier molecular flexibility index (Phi) is 7.82. The summed E-state index contributed by atoms with van der Waals surface area (Å²) >= 11 is 0. The molecule has 1 aromatic heterocycles. The van der Waals surface area contributed by atoms with Gasteiger partial charge in [-0.25, -0.2) is 0 Å². The van der Waals surface area contributed by atoms with Crippen LogP contribution in [-0.2, 0) is 11.3 Å². The van der Waals surface area contributed by atoms with Gasteiger partial charge in [0.15, 0.2) is 0 Å². The second-order valence-electron chi connectivity index (χ2n) is 10.7. The van der Waals surface area contributed by atoms with Crippen LogP contribution >= 0.6 is 0 Å². The molecule has 0 atom stereocenters. The van der Waals surface area contributed by atoms with Gasteiger partial charge in [-0.1, -0.05) is 18.2 Å². The average molecular weight is 558 g/mol. The molecule has 3 aromatic carbocycles. The second kappa shape index (κ2) is 11.5. The minimum atomic E-state index is -0.853. The van der Waals surface area contributed by atoms with E-state index in [1.807, 2.05) is 18.3 Å². The zero-order valence-corrected chi connectivity index (χ0v) is 22.9. The van der Waals surface area contributed by atoms with Crippen molar-refractivity contribution in [2.45, 2.75) is 32.4 Å². The number of ether oxygens (including phenoxy) is 1. The summed E-state index contributed by atoms with van der Waals surface area (Å²) in [5.74, 6) is -0.612. The third-order valence-electron chi connectivity index (χ3n) is 6.93. The van der Waals surface area contributed by atoms with E-state index in [1.54, 1.807) is 47.7 Å². The van der Waals surface area contributed by atoms with E-state index in [0.29, 0.717) is 67.2 Å². The van der Waals surface area contributed by atoms with Gasteiger partial charge in [0.1, 0.15) is 0 Å². The molecule has 2 heterocycles. The van der Waals surface area contributed by atoms with Gasteiger partial charge in [0.05, 0.1) is 29.3 Å². The number of carbonyl (C=O) groups is 2. The number of nitrogens with one attached hydrogen (secondary N) is 1. The summed E-state index contributed by atoms with van der Waals surface area (Å²) in [4.78, 5) is 38.9. The lowest BCUT2D eigenvalue weighted by Gasteiger charge is -2.27. The van der Waals surface area contributed by atoms with Gasteiger partial charge in [0.2, 0.25) is 0 Å². The van der Waals surface area contributed by atoms with Crippen LogP contribution in [0.25, 0.3) is 22.0 Å². The van der Waals surface area contributed by atoms with Crippen LogP contribution in [0.2, 0.25) is 0 Å². The predicted octanol–water partition coefficient (Wildman–Crippen LogP) is 4.50. The average Bonchev–Trinajstić information content (AvgIpc) is 3.37. The summed E-state index contributed by atoms with van der Waals surface area (Å²) in [5.41, 5.74) is 2.09. The van der Waals surface area contributed by atoms with Crippen molar-refractivity contribution in [1.82, 2.24) is 14.7 Å². The third-order valence-corrected chi connectivity index (χ3v) is 6.93. The number of fused-ring (bicyclic) bond motifs is 1. The number of hydrogen-bond donors (Lipinski definition) is 2. The maximum atomic E-state index is 13.3. The van der Waals surface area contributed by atoms with E-state index in [2.05, 4.69) is 10.4 Å². The Bertz CT molecular complexity index is 1620. The maximum Gasteiger partial charge on any atom is 0.270 e. The van der Waals surface area contributed by atoms with Crippen LogP contribution < -0.4 is 5.32 Å². The summed E-state index contributed by atoms with van der Waals surface area (Å²) in [6, 6.07) is 16.4. The zero-order chi connectivity index (χ0) is 29.1. The molecule has 4 aromatic rings. The van der Waals surface area contributed by atoms with Gasteiger partial charge in [-0.2, -0.15) is 5.10 Å². The molecular weight excluding hydrogens is 526 g/mol. The second-order valence-corrected chi connectivity index (χ2v) is 10.7. The first kappa shape index (κ1) is 27.9. The molecule has 1 fully saturated rings. The van der Waals surface area contributed by atoms with Crippen LogP contribution in [0.4, 0.5) is 11.4 Å². The first-order valence-electron chi connectivity index (χ1n) is 13.3. The highest BCUT2D eigenvalue weighted by Crippen LogP contribution is 2.34. The minimum Gasteiger partial charge on any atom is -0.390 e. The van der Waals surface area contributed by atoms with Gasteiger partial charge in [-0.15, -0.1) is 0 Å². The number of nitro benzene ring substituents is 1. The van der Waals surface area contributed by atoms with E-state index in [1.165, 1.54) is 24.3 Å². The Morgan fingerprint density at radius 3 is 2.54 bits per heavy atom. The van der Waals surface area contributed by atoms with Crippen molar-refractivity contribution < 1.29 is 24.4 Å². The predicted molar refractivity (Wildman–Crippen MR) is 154 cm³/mol. The number of carbonyl (C=O) groups excluding carboxylic acids is 2. The molecule has 1 saturated heterocycles. The summed E-state index contributed by atoms with van der Waals surface area (Å²) in [5, 5.41) is 29.7.